The van der Waals surface area contributed by atoms with Gasteiger partial charge in [-0.1, -0.05) is 6.08 Å². The van der Waals surface area contributed by atoms with Crippen molar-refractivity contribution in [2.24, 2.45) is 4.99 Å². The van der Waals surface area contributed by atoms with E-state index in [1.165, 1.54) is 0 Å². The smallest absolute Gasteiger partial charge is 0.331 e. The lowest BCUT2D eigenvalue weighted by Gasteiger charge is -2.10. The third-order valence-electron chi connectivity index (χ3n) is 1.41. The van der Waals surface area contributed by atoms with E-state index in [0.29, 0.717) is 13.0 Å². The van der Waals surface area contributed by atoms with Crippen LogP contribution in [-0.4, -0.2) is 24.8 Å². The molecule has 0 spiro atoms. The van der Waals surface area contributed by atoms with Crippen LogP contribution in [0.25, 0.3) is 0 Å². The van der Waals surface area contributed by atoms with E-state index in [0.717, 1.165) is 0 Å². The number of aliphatic imine (C=N–C) groups is 1. The van der Waals surface area contributed by atoms with E-state index < -0.39 is 0 Å². The second-order valence-corrected chi connectivity index (χ2v) is 2.23. The summed E-state index contributed by atoms with van der Waals surface area (Å²) in [7, 11) is 0. The van der Waals surface area contributed by atoms with Crippen molar-refractivity contribution in [2.45, 2.75) is 19.4 Å². The molecule has 0 fully saturated rings. The van der Waals surface area contributed by atoms with Gasteiger partial charge in [0.05, 0.1) is 6.61 Å². The van der Waals surface area contributed by atoms with Crippen molar-refractivity contribution in [3.05, 3.63) is 12.2 Å². The van der Waals surface area contributed by atoms with Gasteiger partial charge in [-0.3, -0.25) is 4.99 Å². The molecule has 0 aromatic heterocycles. The van der Waals surface area contributed by atoms with Crippen LogP contribution in [0.15, 0.2) is 17.1 Å². The van der Waals surface area contributed by atoms with Gasteiger partial charge in [0, 0.05) is 6.21 Å². The SMILES string of the molecule is CCOC(=O)C1CC=CC=N1. The van der Waals surface area contributed by atoms with Crippen LogP contribution in [-0.2, 0) is 9.53 Å². The number of allylic oxidation sites excluding steroid dienone is 1. The number of carbonyl (C=O) groups excluding carboxylic acids is 1. The molecule has 3 heteroatoms. The molecule has 0 aromatic carbocycles. The van der Waals surface area contributed by atoms with E-state index in [9.17, 15) is 4.79 Å². The Morgan fingerprint density at radius 1 is 1.82 bits per heavy atom. The first kappa shape index (κ1) is 7.98. The fraction of sp³-hybridized carbons (Fsp3) is 0.500. The monoisotopic (exact) mass is 153 g/mol. The zero-order valence-electron chi connectivity index (χ0n) is 6.49. The van der Waals surface area contributed by atoms with Crippen molar-refractivity contribution < 1.29 is 9.53 Å². The lowest BCUT2D eigenvalue weighted by atomic mass is 10.2. The van der Waals surface area contributed by atoms with Crippen LogP contribution < -0.4 is 0 Å². The lowest BCUT2D eigenvalue weighted by Crippen LogP contribution is -2.22. The van der Waals surface area contributed by atoms with Crippen LogP contribution in [0.2, 0.25) is 0 Å². The molecule has 0 aromatic rings. The minimum atomic E-state index is -0.306. The Morgan fingerprint density at radius 3 is 3.18 bits per heavy atom. The highest BCUT2D eigenvalue weighted by atomic mass is 16.5. The normalized spacial score (nSPS) is 21.7. The molecule has 1 aliphatic rings. The van der Waals surface area contributed by atoms with Crippen molar-refractivity contribution in [2.75, 3.05) is 6.61 Å². The van der Waals surface area contributed by atoms with Crippen molar-refractivity contribution in [3.8, 4) is 0 Å². The summed E-state index contributed by atoms with van der Waals surface area (Å²) < 4.78 is 4.79. The minimum Gasteiger partial charge on any atom is -0.464 e. The number of esters is 1. The number of carbonyl (C=O) groups is 1. The first-order valence-corrected chi connectivity index (χ1v) is 3.69. The van der Waals surface area contributed by atoms with Crippen LogP contribution in [0.4, 0.5) is 0 Å². The lowest BCUT2D eigenvalue weighted by molar-refractivity contribution is -0.144. The number of ether oxygens (including phenoxy) is 1. The molecular weight excluding hydrogens is 142 g/mol. The number of dihydropyridines is 1. The highest BCUT2D eigenvalue weighted by Gasteiger charge is 2.16. The predicted octanol–water partition coefficient (Wildman–Crippen LogP) is 0.949. The quantitative estimate of drug-likeness (QED) is 0.554. The fourth-order valence-corrected chi connectivity index (χ4v) is 0.878. The average Bonchev–Trinajstić information content (AvgIpc) is 2.07. The van der Waals surface area contributed by atoms with Gasteiger partial charge in [0.2, 0.25) is 0 Å². The van der Waals surface area contributed by atoms with Gasteiger partial charge in [-0.15, -0.1) is 0 Å². The molecule has 60 valence electrons. The van der Waals surface area contributed by atoms with Crippen LogP contribution in [0, 0.1) is 0 Å². The van der Waals surface area contributed by atoms with Crippen LogP contribution in [0.3, 0.4) is 0 Å². The Labute approximate surface area is 65.8 Å². The van der Waals surface area contributed by atoms with Crippen molar-refractivity contribution >= 4 is 12.2 Å². The maximum absolute atomic E-state index is 11.0. The molecule has 0 saturated carbocycles. The zero-order valence-corrected chi connectivity index (χ0v) is 6.49. The first-order chi connectivity index (χ1) is 5.34. The predicted molar refractivity (Wildman–Crippen MR) is 42.7 cm³/mol. The zero-order chi connectivity index (χ0) is 8.10. The van der Waals surface area contributed by atoms with Gasteiger partial charge in [-0.2, -0.15) is 0 Å². The van der Waals surface area contributed by atoms with Gasteiger partial charge in [0.15, 0.2) is 6.04 Å². The standard InChI is InChI=1S/C8H11NO2/c1-2-11-8(10)7-5-3-4-6-9-7/h3-4,6-7H,2,5H2,1H3. The summed E-state index contributed by atoms with van der Waals surface area (Å²) in [6.07, 6.45) is 6.03. The second kappa shape index (κ2) is 3.91. The van der Waals surface area contributed by atoms with E-state index in [1.54, 1.807) is 13.1 Å². The molecule has 0 saturated heterocycles. The van der Waals surface area contributed by atoms with Gasteiger partial charge < -0.3 is 4.74 Å². The third-order valence-corrected chi connectivity index (χ3v) is 1.41. The summed E-state index contributed by atoms with van der Waals surface area (Å²) in [5, 5.41) is 0. The number of hydrogen-bond acceptors (Lipinski definition) is 3. The molecule has 0 amide bonds. The van der Waals surface area contributed by atoms with E-state index in [1.807, 2.05) is 12.2 Å². The Bertz CT molecular complexity index is 196. The Balaban J connectivity index is 2.42. The molecule has 1 unspecified atom stereocenters. The van der Waals surface area contributed by atoms with Crippen molar-refractivity contribution in [3.63, 3.8) is 0 Å². The molecule has 1 aliphatic heterocycles. The summed E-state index contributed by atoms with van der Waals surface area (Å²) in [6.45, 7) is 2.22. The molecule has 1 rings (SSSR count). The summed E-state index contributed by atoms with van der Waals surface area (Å²) in [5.41, 5.74) is 0. The van der Waals surface area contributed by atoms with E-state index in [4.69, 9.17) is 4.74 Å². The highest BCUT2D eigenvalue weighted by molar-refractivity contribution is 5.82. The molecule has 3 nitrogen and oxygen atoms in total. The van der Waals surface area contributed by atoms with Gasteiger partial charge in [-0.25, -0.2) is 4.79 Å². The number of hydrogen-bond donors (Lipinski definition) is 0. The first-order valence-electron chi connectivity index (χ1n) is 3.69. The summed E-state index contributed by atoms with van der Waals surface area (Å²) in [5.74, 6) is -0.229. The van der Waals surface area contributed by atoms with Crippen LogP contribution >= 0.6 is 0 Å². The van der Waals surface area contributed by atoms with E-state index >= 15 is 0 Å². The Hall–Kier alpha value is -1.12. The summed E-state index contributed by atoms with van der Waals surface area (Å²) in [6, 6.07) is -0.306. The van der Waals surface area contributed by atoms with Crippen molar-refractivity contribution in [1.82, 2.24) is 0 Å². The third kappa shape index (κ3) is 2.18. The maximum Gasteiger partial charge on any atom is 0.331 e. The van der Waals surface area contributed by atoms with Gasteiger partial charge >= 0.3 is 5.97 Å². The largest absolute Gasteiger partial charge is 0.464 e. The highest BCUT2D eigenvalue weighted by Crippen LogP contribution is 2.05. The summed E-state index contributed by atoms with van der Waals surface area (Å²) in [4.78, 5) is 15.0. The minimum absolute atomic E-state index is 0.229. The van der Waals surface area contributed by atoms with Gasteiger partial charge in [0.1, 0.15) is 0 Å². The molecule has 1 atom stereocenters. The van der Waals surface area contributed by atoms with E-state index in [2.05, 4.69) is 4.99 Å². The molecule has 1 heterocycles. The van der Waals surface area contributed by atoms with Crippen molar-refractivity contribution in [1.29, 1.82) is 0 Å². The topological polar surface area (TPSA) is 38.7 Å². The molecule has 0 N–H and O–H groups in total. The Morgan fingerprint density at radius 2 is 2.64 bits per heavy atom. The van der Waals surface area contributed by atoms with Gasteiger partial charge in [0.25, 0.3) is 0 Å². The molecule has 0 radical (unpaired) electrons. The maximum atomic E-state index is 11.0. The number of rotatable bonds is 2. The van der Waals surface area contributed by atoms with Crippen LogP contribution in [0.1, 0.15) is 13.3 Å². The van der Waals surface area contributed by atoms with E-state index in [-0.39, 0.29) is 12.0 Å². The molecule has 0 bridgehead atoms. The second-order valence-electron chi connectivity index (χ2n) is 2.23. The van der Waals surface area contributed by atoms with Crippen LogP contribution in [0.5, 0.6) is 0 Å². The fourth-order valence-electron chi connectivity index (χ4n) is 0.878. The molecular formula is C8H11NO2. The molecule has 11 heavy (non-hydrogen) atoms. The molecule has 0 aliphatic carbocycles. The number of nitrogens with zero attached hydrogens (tertiary/aromatic N) is 1. The van der Waals surface area contributed by atoms with Gasteiger partial charge in [-0.05, 0) is 19.4 Å². The summed E-state index contributed by atoms with van der Waals surface area (Å²) >= 11 is 0. The average molecular weight is 153 g/mol. The Kier molecular flexibility index (Phi) is 2.83.